The van der Waals surface area contributed by atoms with Gasteiger partial charge in [0.15, 0.2) is 0 Å². The second kappa shape index (κ2) is 5.18. The smallest absolute Gasteiger partial charge is 0.240 e. The van der Waals surface area contributed by atoms with E-state index >= 15 is 0 Å². The van der Waals surface area contributed by atoms with E-state index in [-0.39, 0.29) is 0 Å². The number of rotatable bonds is 5. The summed E-state index contributed by atoms with van der Waals surface area (Å²) in [6.45, 7) is 4.87. The van der Waals surface area contributed by atoms with Crippen LogP contribution in [0.1, 0.15) is 26.2 Å². The molecule has 5 nitrogen and oxygen atoms in total. The first-order valence-electron chi connectivity index (χ1n) is 5.24. The molecule has 6 heteroatoms. The van der Waals surface area contributed by atoms with Crippen molar-refractivity contribution in [3.05, 3.63) is 17.6 Å². The third-order valence-corrected chi connectivity index (χ3v) is 3.10. The molecule has 2 aromatic rings. The summed E-state index contributed by atoms with van der Waals surface area (Å²) in [4.78, 5) is 9.19. The van der Waals surface area contributed by atoms with E-state index in [1.807, 2.05) is 0 Å². The Balaban J connectivity index is 1.98. The lowest BCUT2D eigenvalue weighted by Crippen LogP contribution is -2.24. The summed E-state index contributed by atoms with van der Waals surface area (Å²) in [7, 11) is 0. The average Bonchev–Trinajstić information content (AvgIpc) is 2.95. The van der Waals surface area contributed by atoms with Crippen LogP contribution >= 0.6 is 11.3 Å². The number of nitrogens with one attached hydrogen (secondary N) is 1. The van der Waals surface area contributed by atoms with Crippen LogP contribution in [0.2, 0.25) is 0 Å². The van der Waals surface area contributed by atoms with Crippen molar-refractivity contribution in [2.24, 2.45) is 0 Å². The fraction of sp³-hybridized carbons (Fsp3) is 0.500. The molecule has 2 aromatic heterocycles. The Bertz CT molecular complexity index is 426. The van der Waals surface area contributed by atoms with Crippen molar-refractivity contribution < 1.29 is 4.52 Å². The molecule has 0 saturated heterocycles. The van der Waals surface area contributed by atoms with Crippen molar-refractivity contribution in [1.82, 2.24) is 20.4 Å². The van der Waals surface area contributed by atoms with Gasteiger partial charge in [0.25, 0.3) is 0 Å². The van der Waals surface area contributed by atoms with E-state index in [0.717, 1.165) is 11.3 Å². The van der Waals surface area contributed by atoms with E-state index in [1.54, 1.807) is 11.7 Å². The highest BCUT2D eigenvalue weighted by Gasteiger charge is 2.10. The van der Waals surface area contributed by atoms with Gasteiger partial charge in [0.05, 0.1) is 16.9 Å². The monoisotopic (exact) mass is 238 g/mol. The van der Waals surface area contributed by atoms with Crippen molar-refractivity contribution in [3.8, 4) is 10.7 Å². The Labute approximate surface area is 97.9 Å². The second-order valence-corrected chi connectivity index (χ2v) is 4.45. The molecule has 2 rings (SSSR count). The van der Waals surface area contributed by atoms with E-state index in [1.165, 1.54) is 11.3 Å². The van der Waals surface area contributed by atoms with Crippen LogP contribution < -0.4 is 5.32 Å². The molecule has 0 aliphatic rings. The van der Waals surface area contributed by atoms with Crippen molar-refractivity contribution in [2.45, 2.75) is 32.9 Å². The summed E-state index contributed by atoms with van der Waals surface area (Å²) in [5, 5.41) is 7.21. The van der Waals surface area contributed by atoms with Crippen molar-refractivity contribution >= 4 is 11.3 Å². The Morgan fingerprint density at radius 3 is 3.12 bits per heavy atom. The minimum absolute atomic E-state index is 0.457. The summed E-state index contributed by atoms with van der Waals surface area (Å²) in [6.07, 6.45) is 2.82. The Morgan fingerprint density at radius 1 is 1.56 bits per heavy atom. The van der Waals surface area contributed by atoms with Gasteiger partial charge >= 0.3 is 0 Å². The van der Waals surface area contributed by atoms with Crippen molar-refractivity contribution in [3.63, 3.8) is 0 Å². The maximum absolute atomic E-state index is 5.14. The molecule has 0 spiro atoms. The lowest BCUT2D eigenvalue weighted by atomic mass is 10.3. The number of nitrogens with zero attached hydrogens (tertiary/aromatic N) is 3. The first kappa shape index (κ1) is 11.2. The number of thiazole rings is 1. The van der Waals surface area contributed by atoms with Gasteiger partial charge in [-0.1, -0.05) is 12.1 Å². The van der Waals surface area contributed by atoms with Gasteiger partial charge in [0.1, 0.15) is 0 Å². The van der Waals surface area contributed by atoms with Crippen LogP contribution in [0.25, 0.3) is 10.7 Å². The quantitative estimate of drug-likeness (QED) is 0.864. The third-order valence-electron chi connectivity index (χ3n) is 2.33. The second-order valence-electron chi connectivity index (χ2n) is 3.57. The molecule has 0 fully saturated rings. The van der Waals surface area contributed by atoms with Crippen LogP contribution in [0.3, 0.4) is 0 Å². The van der Waals surface area contributed by atoms with Gasteiger partial charge in [-0.3, -0.25) is 4.98 Å². The zero-order chi connectivity index (χ0) is 11.4. The lowest BCUT2D eigenvalue weighted by molar-refractivity contribution is 0.358. The molecule has 16 heavy (non-hydrogen) atoms. The van der Waals surface area contributed by atoms with Crippen molar-refractivity contribution in [1.29, 1.82) is 0 Å². The predicted octanol–water partition coefficient (Wildman–Crippen LogP) is 2.08. The van der Waals surface area contributed by atoms with E-state index in [0.29, 0.717) is 24.3 Å². The minimum Gasteiger partial charge on any atom is -0.338 e. The van der Waals surface area contributed by atoms with Crippen molar-refractivity contribution in [2.75, 3.05) is 0 Å². The standard InChI is InChI=1S/C10H14N4OS/c1-3-7(2)12-5-9-13-10(14-15-9)8-4-11-6-16-8/h4,6-7,12H,3,5H2,1-2H3. The fourth-order valence-electron chi connectivity index (χ4n) is 1.16. The summed E-state index contributed by atoms with van der Waals surface area (Å²) in [5.74, 6) is 1.23. The molecule has 0 saturated carbocycles. The van der Waals surface area contributed by atoms with Crippen LogP contribution in [-0.2, 0) is 6.54 Å². The zero-order valence-electron chi connectivity index (χ0n) is 9.30. The molecule has 0 aliphatic heterocycles. The maximum Gasteiger partial charge on any atom is 0.240 e. The molecule has 0 aromatic carbocycles. The molecule has 1 atom stereocenters. The third kappa shape index (κ3) is 2.65. The van der Waals surface area contributed by atoms with Gasteiger partial charge < -0.3 is 9.84 Å². The Hall–Kier alpha value is -1.27. The minimum atomic E-state index is 0.457. The molecule has 2 heterocycles. The van der Waals surface area contributed by atoms with Crippen LogP contribution in [0.5, 0.6) is 0 Å². The molecule has 0 aliphatic carbocycles. The van der Waals surface area contributed by atoms with Gasteiger partial charge in [0, 0.05) is 12.2 Å². The number of hydrogen-bond acceptors (Lipinski definition) is 6. The average molecular weight is 238 g/mol. The lowest BCUT2D eigenvalue weighted by Gasteiger charge is -2.07. The van der Waals surface area contributed by atoms with E-state index < -0.39 is 0 Å². The van der Waals surface area contributed by atoms with Gasteiger partial charge in [0.2, 0.25) is 11.7 Å². The number of hydrogen-bond donors (Lipinski definition) is 1. The van der Waals surface area contributed by atoms with Gasteiger partial charge in [-0.25, -0.2) is 0 Å². The van der Waals surface area contributed by atoms with Gasteiger partial charge in [-0.2, -0.15) is 4.98 Å². The van der Waals surface area contributed by atoms with Crippen LogP contribution in [0.15, 0.2) is 16.2 Å². The van der Waals surface area contributed by atoms with E-state index in [9.17, 15) is 0 Å². The first-order valence-corrected chi connectivity index (χ1v) is 6.12. The topological polar surface area (TPSA) is 63.8 Å². The maximum atomic E-state index is 5.14. The summed E-state index contributed by atoms with van der Waals surface area (Å²) < 4.78 is 5.14. The van der Waals surface area contributed by atoms with E-state index in [4.69, 9.17) is 4.52 Å². The fourth-order valence-corrected chi connectivity index (χ4v) is 1.70. The molecular weight excluding hydrogens is 224 g/mol. The molecule has 0 bridgehead atoms. The first-order chi connectivity index (χ1) is 7.79. The number of aromatic nitrogens is 3. The molecule has 0 amide bonds. The Kier molecular flexibility index (Phi) is 3.63. The zero-order valence-corrected chi connectivity index (χ0v) is 10.1. The largest absolute Gasteiger partial charge is 0.338 e. The molecular formula is C10H14N4OS. The van der Waals surface area contributed by atoms with E-state index in [2.05, 4.69) is 34.3 Å². The highest BCUT2D eigenvalue weighted by Crippen LogP contribution is 2.19. The van der Waals surface area contributed by atoms with Gasteiger partial charge in [-0.15, -0.1) is 11.3 Å². The van der Waals surface area contributed by atoms with Crippen LogP contribution in [0.4, 0.5) is 0 Å². The molecule has 1 unspecified atom stereocenters. The highest BCUT2D eigenvalue weighted by atomic mass is 32.1. The summed E-state index contributed by atoms with van der Waals surface area (Å²) in [6, 6.07) is 0.457. The molecule has 0 radical (unpaired) electrons. The van der Waals surface area contributed by atoms with Crippen LogP contribution in [-0.4, -0.2) is 21.2 Å². The van der Waals surface area contributed by atoms with Gasteiger partial charge in [-0.05, 0) is 13.3 Å². The molecule has 86 valence electrons. The predicted molar refractivity (Wildman–Crippen MR) is 62.0 cm³/mol. The highest BCUT2D eigenvalue weighted by molar-refractivity contribution is 7.13. The summed E-state index contributed by atoms with van der Waals surface area (Å²) in [5.41, 5.74) is 1.75. The molecule has 1 N–H and O–H groups in total. The van der Waals surface area contributed by atoms with Crippen LogP contribution in [0, 0.1) is 0 Å². The Morgan fingerprint density at radius 2 is 2.44 bits per heavy atom. The SMILES string of the molecule is CCC(C)NCc1nc(-c2cncs2)no1. The summed E-state index contributed by atoms with van der Waals surface area (Å²) >= 11 is 1.50. The normalized spacial score (nSPS) is 12.9.